The van der Waals surface area contributed by atoms with Crippen molar-refractivity contribution in [2.24, 2.45) is 11.7 Å². The maximum Gasteiger partial charge on any atom is 0.124 e. The number of nitrogens with zero attached hydrogens (tertiary/aromatic N) is 1. The number of benzene rings is 2. The van der Waals surface area contributed by atoms with Crippen molar-refractivity contribution in [1.82, 2.24) is 4.90 Å². The van der Waals surface area contributed by atoms with Gasteiger partial charge in [-0.3, -0.25) is 4.90 Å². The molecular weight excluding hydrogens is 284 g/mol. The minimum absolute atomic E-state index is 0.0389. The Morgan fingerprint density at radius 3 is 2.52 bits per heavy atom. The highest BCUT2D eigenvalue weighted by atomic mass is 16.5. The fourth-order valence-corrected chi connectivity index (χ4v) is 3.19. The Hall–Kier alpha value is -1.84. The summed E-state index contributed by atoms with van der Waals surface area (Å²) in [5.41, 5.74) is 9.00. The lowest BCUT2D eigenvalue weighted by molar-refractivity contribution is 0.115. The Labute approximate surface area is 139 Å². The van der Waals surface area contributed by atoms with E-state index in [1.807, 2.05) is 18.2 Å². The third kappa shape index (κ3) is 3.74. The van der Waals surface area contributed by atoms with Crippen LogP contribution in [0.4, 0.5) is 0 Å². The summed E-state index contributed by atoms with van der Waals surface area (Å²) in [6, 6.07) is 19.3. The predicted octanol–water partition coefficient (Wildman–Crippen LogP) is 3.61. The average molecular weight is 310 g/mol. The number of hydrogen-bond donors (Lipinski definition) is 1. The van der Waals surface area contributed by atoms with Crippen molar-refractivity contribution in [3.63, 3.8) is 0 Å². The molecule has 0 amide bonds. The molecule has 2 N–H and O–H groups in total. The molecule has 3 heteroatoms. The van der Waals surface area contributed by atoms with Crippen molar-refractivity contribution in [1.29, 1.82) is 0 Å². The fraction of sp³-hybridized carbons (Fsp3) is 0.400. The Morgan fingerprint density at radius 2 is 1.78 bits per heavy atom. The van der Waals surface area contributed by atoms with E-state index >= 15 is 0 Å². The number of ether oxygens (including phenoxy) is 1. The molecule has 0 radical (unpaired) electrons. The normalized spacial score (nSPS) is 20.4. The Balaban J connectivity index is 1.71. The Morgan fingerprint density at radius 1 is 1.09 bits per heavy atom. The Bertz CT molecular complexity index is 627. The molecule has 0 saturated heterocycles. The quantitative estimate of drug-likeness (QED) is 0.917. The summed E-state index contributed by atoms with van der Waals surface area (Å²) < 4.78 is 5.93. The summed E-state index contributed by atoms with van der Waals surface area (Å²) in [4.78, 5) is 2.48. The van der Waals surface area contributed by atoms with Crippen molar-refractivity contribution in [3.8, 4) is 5.75 Å². The molecule has 2 aromatic rings. The lowest BCUT2D eigenvalue weighted by atomic mass is 9.90. The third-order valence-corrected chi connectivity index (χ3v) is 4.67. The molecule has 1 aliphatic heterocycles. The topological polar surface area (TPSA) is 38.5 Å². The first-order chi connectivity index (χ1) is 11.1. The molecule has 2 atom stereocenters. The highest BCUT2D eigenvalue weighted by molar-refractivity contribution is 5.37. The zero-order valence-electron chi connectivity index (χ0n) is 14.0. The minimum atomic E-state index is 0.0389. The lowest BCUT2D eigenvalue weighted by Gasteiger charge is -2.36. The van der Waals surface area contributed by atoms with Crippen LogP contribution in [0.1, 0.15) is 31.0 Å². The van der Waals surface area contributed by atoms with Gasteiger partial charge in [0, 0.05) is 36.7 Å². The second-order valence-electron chi connectivity index (χ2n) is 6.64. The highest BCUT2D eigenvalue weighted by Gasteiger charge is 2.30. The summed E-state index contributed by atoms with van der Waals surface area (Å²) in [6.07, 6.45) is 0. The summed E-state index contributed by atoms with van der Waals surface area (Å²) >= 11 is 0. The van der Waals surface area contributed by atoms with Crippen molar-refractivity contribution >= 4 is 0 Å². The van der Waals surface area contributed by atoms with E-state index in [9.17, 15) is 0 Å². The maximum absolute atomic E-state index is 6.53. The second-order valence-corrected chi connectivity index (χ2v) is 6.64. The van der Waals surface area contributed by atoms with E-state index in [2.05, 4.69) is 55.1 Å². The van der Waals surface area contributed by atoms with Crippen molar-refractivity contribution in [2.45, 2.75) is 32.5 Å². The molecule has 0 bridgehead atoms. The first-order valence-electron chi connectivity index (χ1n) is 8.40. The zero-order valence-corrected chi connectivity index (χ0v) is 14.0. The summed E-state index contributed by atoms with van der Waals surface area (Å²) in [5.74, 6) is 1.26. The number of rotatable bonds is 5. The van der Waals surface area contributed by atoms with Gasteiger partial charge in [-0.2, -0.15) is 0 Å². The summed E-state index contributed by atoms with van der Waals surface area (Å²) in [6.45, 7) is 7.07. The molecule has 0 saturated carbocycles. The molecule has 0 aliphatic carbocycles. The highest BCUT2D eigenvalue weighted by Crippen LogP contribution is 2.34. The number of para-hydroxylation sites is 1. The van der Waals surface area contributed by atoms with Gasteiger partial charge in [-0.05, 0) is 25.5 Å². The molecule has 0 spiro atoms. The van der Waals surface area contributed by atoms with E-state index in [0.717, 1.165) is 24.4 Å². The zero-order chi connectivity index (χ0) is 16.2. The van der Waals surface area contributed by atoms with E-state index in [-0.39, 0.29) is 6.04 Å². The first kappa shape index (κ1) is 16.0. The van der Waals surface area contributed by atoms with Crippen LogP contribution < -0.4 is 10.5 Å². The SMILES string of the molecule is CC(C)N(Cc1ccccc1)CC1COc2ccccc2C1N. The largest absolute Gasteiger partial charge is 0.493 e. The second kappa shape index (κ2) is 7.16. The Kier molecular flexibility index (Phi) is 4.99. The van der Waals surface area contributed by atoms with Crippen LogP contribution in [0.2, 0.25) is 0 Å². The minimum Gasteiger partial charge on any atom is -0.493 e. The van der Waals surface area contributed by atoms with Gasteiger partial charge >= 0.3 is 0 Å². The van der Waals surface area contributed by atoms with E-state index < -0.39 is 0 Å². The summed E-state index contributed by atoms with van der Waals surface area (Å²) in [5, 5.41) is 0. The molecular formula is C20H26N2O. The van der Waals surface area contributed by atoms with Gasteiger partial charge < -0.3 is 10.5 Å². The monoisotopic (exact) mass is 310 g/mol. The van der Waals surface area contributed by atoms with Gasteiger partial charge in [-0.25, -0.2) is 0 Å². The molecule has 3 nitrogen and oxygen atoms in total. The number of hydrogen-bond acceptors (Lipinski definition) is 3. The van der Waals surface area contributed by atoms with Crippen LogP contribution in [-0.4, -0.2) is 24.1 Å². The fourth-order valence-electron chi connectivity index (χ4n) is 3.19. The molecule has 122 valence electrons. The van der Waals surface area contributed by atoms with Crippen LogP contribution in [0.15, 0.2) is 54.6 Å². The van der Waals surface area contributed by atoms with Gasteiger partial charge in [-0.15, -0.1) is 0 Å². The van der Waals surface area contributed by atoms with Gasteiger partial charge in [0.15, 0.2) is 0 Å². The van der Waals surface area contributed by atoms with Crippen molar-refractivity contribution < 1.29 is 4.74 Å². The van der Waals surface area contributed by atoms with E-state index in [4.69, 9.17) is 10.5 Å². The number of fused-ring (bicyclic) bond motifs is 1. The first-order valence-corrected chi connectivity index (χ1v) is 8.40. The molecule has 0 aromatic heterocycles. The molecule has 3 rings (SSSR count). The van der Waals surface area contributed by atoms with Gasteiger partial charge in [0.2, 0.25) is 0 Å². The van der Waals surface area contributed by atoms with Crippen LogP contribution in [0.3, 0.4) is 0 Å². The van der Waals surface area contributed by atoms with Crippen LogP contribution in [0, 0.1) is 5.92 Å². The van der Waals surface area contributed by atoms with E-state index in [0.29, 0.717) is 18.6 Å². The standard InChI is InChI=1S/C20H26N2O/c1-15(2)22(12-16-8-4-3-5-9-16)13-17-14-23-19-11-7-6-10-18(19)20(17)21/h3-11,15,17,20H,12-14,21H2,1-2H3. The van der Waals surface area contributed by atoms with Gasteiger partial charge in [0.05, 0.1) is 6.61 Å². The van der Waals surface area contributed by atoms with Crippen molar-refractivity contribution in [3.05, 3.63) is 65.7 Å². The lowest BCUT2D eigenvalue weighted by Crippen LogP contribution is -2.42. The van der Waals surface area contributed by atoms with E-state index in [1.165, 1.54) is 5.56 Å². The summed E-state index contributed by atoms with van der Waals surface area (Å²) in [7, 11) is 0. The van der Waals surface area contributed by atoms with Crippen molar-refractivity contribution in [2.75, 3.05) is 13.2 Å². The maximum atomic E-state index is 6.53. The predicted molar refractivity (Wildman–Crippen MR) is 94.3 cm³/mol. The molecule has 1 aliphatic rings. The smallest absolute Gasteiger partial charge is 0.124 e. The van der Waals surface area contributed by atoms with Crippen LogP contribution in [-0.2, 0) is 6.54 Å². The van der Waals surface area contributed by atoms with Crippen LogP contribution in [0.25, 0.3) is 0 Å². The van der Waals surface area contributed by atoms with Gasteiger partial charge in [0.25, 0.3) is 0 Å². The molecule has 23 heavy (non-hydrogen) atoms. The van der Waals surface area contributed by atoms with Crippen LogP contribution in [0.5, 0.6) is 5.75 Å². The third-order valence-electron chi connectivity index (χ3n) is 4.67. The molecule has 2 aromatic carbocycles. The van der Waals surface area contributed by atoms with E-state index in [1.54, 1.807) is 0 Å². The molecule has 2 unspecified atom stereocenters. The molecule has 0 fully saturated rings. The van der Waals surface area contributed by atoms with Gasteiger partial charge in [0.1, 0.15) is 5.75 Å². The molecule has 1 heterocycles. The average Bonchev–Trinajstić information content (AvgIpc) is 2.57. The van der Waals surface area contributed by atoms with Crippen LogP contribution >= 0.6 is 0 Å². The van der Waals surface area contributed by atoms with Gasteiger partial charge in [-0.1, -0.05) is 48.5 Å². The number of nitrogens with two attached hydrogens (primary N) is 1.